The predicted octanol–water partition coefficient (Wildman–Crippen LogP) is 1.75. The molecule has 1 aliphatic rings. The molecule has 0 aliphatic carbocycles. The molecule has 0 atom stereocenters. The Morgan fingerprint density at radius 2 is 1.69 bits per heavy atom. The van der Waals surface area contributed by atoms with Crippen LogP contribution in [0.5, 0.6) is 0 Å². The Bertz CT molecular complexity index is 852. The van der Waals surface area contributed by atoms with E-state index < -0.39 is 26.6 Å². The number of anilines is 2. The smallest absolute Gasteiger partial charge is 0.240 e. The molecule has 2 heterocycles. The van der Waals surface area contributed by atoms with Gasteiger partial charge in [0.15, 0.2) is 0 Å². The van der Waals surface area contributed by atoms with E-state index in [2.05, 4.69) is 24.9 Å². The van der Waals surface area contributed by atoms with Crippen molar-refractivity contribution in [1.29, 1.82) is 0 Å². The Kier molecular flexibility index (Phi) is 5.62. The van der Waals surface area contributed by atoms with Crippen molar-refractivity contribution in [3.8, 4) is 0 Å². The fraction of sp³-hybridized carbons (Fsp3) is 0.375. The summed E-state index contributed by atoms with van der Waals surface area (Å²) in [4.78, 5) is 10.0. The molecule has 7 nitrogen and oxygen atoms in total. The summed E-state index contributed by atoms with van der Waals surface area (Å²) < 4.78 is 52.8. The first kappa shape index (κ1) is 18.5. The van der Waals surface area contributed by atoms with Gasteiger partial charge in [-0.2, -0.15) is 0 Å². The molecule has 1 fully saturated rings. The lowest BCUT2D eigenvalue weighted by atomic mass is 10.3. The minimum absolute atomic E-state index is 0.0313. The Labute approximate surface area is 150 Å². The topological polar surface area (TPSA) is 87.2 Å². The summed E-state index contributed by atoms with van der Waals surface area (Å²) in [5.41, 5.74) is 0. The fourth-order valence-electron chi connectivity index (χ4n) is 2.71. The van der Waals surface area contributed by atoms with Gasteiger partial charge in [-0.3, -0.25) is 0 Å². The van der Waals surface area contributed by atoms with E-state index in [-0.39, 0.29) is 13.1 Å². The third-order valence-corrected chi connectivity index (χ3v) is 5.39. The van der Waals surface area contributed by atoms with Gasteiger partial charge in [-0.1, -0.05) is 0 Å². The number of hydrogen-bond donors (Lipinski definition) is 2. The third-order valence-electron chi connectivity index (χ3n) is 3.95. The van der Waals surface area contributed by atoms with Gasteiger partial charge in [0.1, 0.15) is 29.6 Å². The molecule has 3 rings (SSSR count). The van der Waals surface area contributed by atoms with E-state index in [1.165, 1.54) is 6.33 Å². The second-order valence-electron chi connectivity index (χ2n) is 5.89. The molecule has 1 saturated heterocycles. The van der Waals surface area contributed by atoms with Gasteiger partial charge in [-0.05, 0) is 25.0 Å². The molecule has 2 N–H and O–H groups in total. The van der Waals surface area contributed by atoms with Crippen molar-refractivity contribution in [2.24, 2.45) is 0 Å². The molecular weight excluding hydrogens is 364 g/mol. The first-order valence-electron chi connectivity index (χ1n) is 8.21. The molecule has 1 aromatic heterocycles. The van der Waals surface area contributed by atoms with Gasteiger partial charge in [-0.15, -0.1) is 0 Å². The highest BCUT2D eigenvalue weighted by Gasteiger charge is 2.16. The number of nitrogens with one attached hydrogen (secondary N) is 2. The molecule has 140 valence electrons. The molecule has 0 unspecified atom stereocenters. The molecular formula is C16H19F2N5O2S. The van der Waals surface area contributed by atoms with Gasteiger partial charge in [0.05, 0.1) is 4.90 Å². The number of rotatable bonds is 7. The summed E-state index contributed by atoms with van der Waals surface area (Å²) in [5, 5.41) is 3.00. The predicted molar refractivity (Wildman–Crippen MR) is 93.5 cm³/mol. The highest BCUT2D eigenvalue weighted by Crippen LogP contribution is 2.19. The van der Waals surface area contributed by atoms with E-state index in [9.17, 15) is 17.2 Å². The lowest BCUT2D eigenvalue weighted by Gasteiger charge is -2.16. The van der Waals surface area contributed by atoms with Crippen LogP contribution in [0.25, 0.3) is 0 Å². The van der Waals surface area contributed by atoms with Crippen LogP contribution in [-0.4, -0.2) is 44.6 Å². The quantitative estimate of drug-likeness (QED) is 0.709. The van der Waals surface area contributed by atoms with Crippen LogP contribution in [-0.2, 0) is 10.0 Å². The van der Waals surface area contributed by atoms with Gasteiger partial charge in [-0.25, -0.2) is 31.9 Å². The van der Waals surface area contributed by atoms with E-state index in [0.717, 1.165) is 43.9 Å². The van der Waals surface area contributed by atoms with Gasteiger partial charge in [0.2, 0.25) is 10.0 Å². The minimum atomic E-state index is -3.99. The summed E-state index contributed by atoms with van der Waals surface area (Å²) in [5.74, 6) is -0.480. The Balaban J connectivity index is 1.54. The first-order valence-corrected chi connectivity index (χ1v) is 9.69. The molecule has 26 heavy (non-hydrogen) atoms. The molecule has 0 radical (unpaired) electrons. The van der Waals surface area contributed by atoms with Crippen molar-refractivity contribution in [2.45, 2.75) is 17.7 Å². The summed E-state index contributed by atoms with van der Waals surface area (Å²) in [6, 6.07) is 3.96. The standard InChI is InChI=1S/C16H19F2N5O2S/c17-12-7-13(18)9-14(8-12)26(24,25)22-4-3-19-15-10-16(21-11-20-15)23-5-1-2-6-23/h7-11,22H,1-6H2,(H,19,20,21). The Morgan fingerprint density at radius 1 is 1.00 bits per heavy atom. The van der Waals surface area contributed by atoms with Gasteiger partial charge in [0.25, 0.3) is 0 Å². The Morgan fingerprint density at radius 3 is 2.38 bits per heavy atom. The molecule has 0 saturated carbocycles. The van der Waals surface area contributed by atoms with E-state index in [4.69, 9.17) is 0 Å². The summed E-state index contributed by atoms with van der Waals surface area (Å²) in [6.45, 7) is 2.21. The zero-order valence-electron chi connectivity index (χ0n) is 14.0. The normalized spacial score (nSPS) is 14.6. The molecule has 0 amide bonds. The van der Waals surface area contributed by atoms with Crippen LogP contribution in [0.4, 0.5) is 20.4 Å². The second kappa shape index (κ2) is 7.92. The number of benzene rings is 1. The maximum atomic E-state index is 13.2. The van der Waals surface area contributed by atoms with E-state index in [0.29, 0.717) is 11.9 Å². The average molecular weight is 383 g/mol. The van der Waals surface area contributed by atoms with Crippen LogP contribution in [0.2, 0.25) is 0 Å². The van der Waals surface area contributed by atoms with E-state index in [1.54, 1.807) is 0 Å². The van der Waals surface area contributed by atoms with Gasteiger partial charge < -0.3 is 10.2 Å². The number of aromatic nitrogens is 2. The van der Waals surface area contributed by atoms with Crippen LogP contribution in [0.15, 0.2) is 35.5 Å². The van der Waals surface area contributed by atoms with Crippen LogP contribution in [0.3, 0.4) is 0 Å². The summed E-state index contributed by atoms with van der Waals surface area (Å²) in [7, 11) is -3.99. The van der Waals surface area contributed by atoms with Crippen molar-refractivity contribution >= 4 is 21.7 Å². The number of sulfonamides is 1. The molecule has 0 bridgehead atoms. The zero-order chi connectivity index (χ0) is 18.6. The molecule has 2 aromatic rings. The van der Waals surface area contributed by atoms with E-state index in [1.807, 2.05) is 6.07 Å². The average Bonchev–Trinajstić information content (AvgIpc) is 3.13. The van der Waals surface area contributed by atoms with Crippen molar-refractivity contribution < 1.29 is 17.2 Å². The second-order valence-corrected chi connectivity index (χ2v) is 7.65. The molecule has 1 aromatic carbocycles. The van der Waals surface area contributed by atoms with Crippen LogP contribution in [0, 0.1) is 11.6 Å². The lowest BCUT2D eigenvalue weighted by Crippen LogP contribution is -2.29. The maximum Gasteiger partial charge on any atom is 0.240 e. The monoisotopic (exact) mass is 383 g/mol. The molecule has 10 heteroatoms. The summed E-state index contributed by atoms with van der Waals surface area (Å²) in [6.07, 6.45) is 3.72. The van der Waals surface area contributed by atoms with Crippen molar-refractivity contribution in [2.75, 3.05) is 36.4 Å². The fourth-order valence-corrected chi connectivity index (χ4v) is 3.78. The Hall–Kier alpha value is -2.33. The molecule has 0 spiro atoms. The van der Waals surface area contributed by atoms with Gasteiger partial charge in [0, 0.05) is 38.3 Å². The number of halogens is 2. The number of hydrogen-bond acceptors (Lipinski definition) is 6. The van der Waals surface area contributed by atoms with Crippen LogP contribution < -0.4 is 14.9 Å². The first-order chi connectivity index (χ1) is 12.4. The largest absolute Gasteiger partial charge is 0.369 e. The van der Waals surface area contributed by atoms with Crippen molar-refractivity contribution in [3.63, 3.8) is 0 Å². The van der Waals surface area contributed by atoms with E-state index >= 15 is 0 Å². The lowest BCUT2D eigenvalue weighted by molar-refractivity contribution is 0.562. The van der Waals surface area contributed by atoms with Crippen LogP contribution in [0.1, 0.15) is 12.8 Å². The van der Waals surface area contributed by atoms with Crippen molar-refractivity contribution in [3.05, 3.63) is 42.2 Å². The highest BCUT2D eigenvalue weighted by molar-refractivity contribution is 7.89. The minimum Gasteiger partial charge on any atom is -0.369 e. The summed E-state index contributed by atoms with van der Waals surface area (Å²) >= 11 is 0. The number of nitrogens with zero attached hydrogens (tertiary/aromatic N) is 3. The third kappa shape index (κ3) is 4.64. The molecule has 1 aliphatic heterocycles. The maximum absolute atomic E-state index is 13.2. The zero-order valence-corrected chi connectivity index (χ0v) is 14.8. The SMILES string of the molecule is O=S(=O)(NCCNc1cc(N2CCCC2)ncn1)c1cc(F)cc(F)c1. The van der Waals surface area contributed by atoms with Gasteiger partial charge >= 0.3 is 0 Å². The highest BCUT2D eigenvalue weighted by atomic mass is 32.2. The van der Waals surface area contributed by atoms with Crippen molar-refractivity contribution in [1.82, 2.24) is 14.7 Å². The van der Waals surface area contributed by atoms with Crippen LogP contribution >= 0.6 is 0 Å².